The standard InChI is InChI=1S/C12H18O4/c1-11(13)15-9-7-5-3-4-6-8-10-16-12(2)14/h7-10H,3-6H2,1-2H3/b9-7+,10-8+. The molecule has 0 rings (SSSR count). The molecule has 0 unspecified atom stereocenters. The highest BCUT2D eigenvalue weighted by Gasteiger charge is 1.87. The highest BCUT2D eigenvalue weighted by Crippen LogP contribution is 2.01. The molecule has 90 valence electrons. The molecule has 0 spiro atoms. The van der Waals surface area contributed by atoms with Gasteiger partial charge in [0.15, 0.2) is 0 Å². The number of carbonyl (C=O) groups excluding carboxylic acids is 2. The van der Waals surface area contributed by atoms with Crippen LogP contribution in [0.4, 0.5) is 0 Å². The van der Waals surface area contributed by atoms with Crippen molar-refractivity contribution in [1.82, 2.24) is 0 Å². The van der Waals surface area contributed by atoms with E-state index in [9.17, 15) is 9.59 Å². The highest BCUT2D eigenvalue weighted by molar-refractivity contribution is 5.66. The maximum absolute atomic E-state index is 10.4. The lowest BCUT2D eigenvalue weighted by Crippen LogP contribution is -1.89. The quantitative estimate of drug-likeness (QED) is 0.380. The van der Waals surface area contributed by atoms with Crippen molar-refractivity contribution in [3.8, 4) is 0 Å². The van der Waals surface area contributed by atoms with E-state index in [1.54, 1.807) is 0 Å². The molecule has 0 saturated carbocycles. The summed E-state index contributed by atoms with van der Waals surface area (Å²) in [4.78, 5) is 20.8. The lowest BCUT2D eigenvalue weighted by Gasteiger charge is -1.94. The summed E-state index contributed by atoms with van der Waals surface area (Å²) >= 11 is 0. The van der Waals surface area contributed by atoms with Crippen molar-refractivity contribution in [1.29, 1.82) is 0 Å². The minimum absolute atomic E-state index is 0.305. The molecular weight excluding hydrogens is 208 g/mol. The number of esters is 2. The Morgan fingerprint density at radius 2 is 1.25 bits per heavy atom. The minimum atomic E-state index is -0.305. The summed E-state index contributed by atoms with van der Waals surface area (Å²) in [5.41, 5.74) is 0. The molecular formula is C12H18O4. The Kier molecular flexibility index (Phi) is 8.97. The van der Waals surface area contributed by atoms with Gasteiger partial charge >= 0.3 is 11.9 Å². The molecule has 0 aromatic rings. The number of hydrogen-bond donors (Lipinski definition) is 0. The van der Waals surface area contributed by atoms with Gasteiger partial charge in [0, 0.05) is 13.8 Å². The fraction of sp³-hybridized carbons (Fsp3) is 0.500. The van der Waals surface area contributed by atoms with Crippen LogP contribution in [0.1, 0.15) is 39.5 Å². The van der Waals surface area contributed by atoms with Crippen LogP contribution in [0.15, 0.2) is 24.7 Å². The second-order valence-electron chi connectivity index (χ2n) is 3.25. The highest BCUT2D eigenvalue weighted by atomic mass is 16.5. The lowest BCUT2D eigenvalue weighted by molar-refractivity contribution is -0.136. The summed E-state index contributed by atoms with van der Waals surface area (Å²) in [5, 5.41) is 0. The number of hydrogen-bond acceptors (Lipinski definition) is 4. The fourth-order valence-corrected chi connectivity index (χ4v) is 0.948. The Bertz CT molecular complexity index is 238. The Morgan fingerprint density at radius 1 is 0.875 bits per heavy atom. The van der Waals surface area contributed by atoms with Crippen LogP contribution in [-0.4, -0.2) is 11.9 Å². The van der Waals surface area contributed by atoms with E-state index in [1.807, 2.05) is 12.2 Å². The molecule has 0 atom stereocenters. The lowest BCUT2D eigenvalue weighted by atomic mass is 10.2. The first-order valence-electron chi connectivity index (χ1n) is 5.27. The third kappa shape index (κ3) is 12.4. The van der Waals surface area contributed by atoms with E-state index in [1.165, 1.54) is 26.4 Å². The van der Waals surface area contributed by atoms with Gasteiger partial charge < -0.3 is 9.47 Å². The van der Waals surface area contributed by atoms with Crippen molar-refractivity contribution >= 4 is 11.9 Å². The number of ether oxygens (including phenoxy) is 2. The van der Waals surface area contributed by atoms with Gasteiger partial charge in [-0.3, -0.25) is 9.59 Å². The average molecular weight is 226 g/mol. The smallest absolute Gasteiger partial charge is 0.307 e. The molecule has 0 aliphatic rings. The Morgan fingerprint density at radius 3 is 1.56 bits per heavy atom. The number of allylic oxidation sites excluding steroid dienone is 2. The van der Waals surface area contributed by atoms with E-state index < -0.39 is 0 Å². The molecule has 0 N–H and O–H groups in total. The zero-order valence-corrected chi connectivity index (χ0v) is 9.77. The van der Waals surface area contributed by atoms with E-state index in [0.717, 1.165) is 25.7 Å². The van der Waals surface area contributed by atoms with Crippen LogP contribution in [0, 0.1) is 0 Å². The SMILES string of the molecule is CC(=O)O/C=C/CCCC/C=C/OC(C)=O. The van der Waals surface area contributed by atoms with Gasteiger partial charge in [-0.05, 0) is 37.8 Å². The van der Waals surface area contributed by atoms with Crippen molar-refractivity contribution in [2.24, 2.45) is 0 Å². The molecule has 0 fully saturated rings. The van der Waals surface area contributed by atoms with E-state index in [0.29, 0.717) is 0 Å². The Hall–Kier alpha value is -1.58. The average Bonchev–Trinajstić information content (AvgIpc) is 2.20. The molecule has 0 radical (unpaired) electrons. The van der Waals surface area contributed by atoms with Gasteiger partial charge in [0.05, 0.1) is 12.5 Å². The van der Waals surface area contributed by atoms with Gasteiger partial charge in [-0.25, -0.2) is 0 Å². The first-order chi connectivity index (χ1) is 7.63. The second-order valence-corrected chi connectivity index (χ2v) is 3.25. The maximum atomic E-state index is 10.4. The predicted octanol–water partition coefficient (Wildman–Crippen LogP) is 2.70. The first-order valence-corrected chi connectivity index (χ1v) is 5.27. The zero-order chi connectivity index (χ0) is 12.2. The summed E-state index contributed by atoms with van der Waals surface area (Å²) in [6, 6.07) is 0. The molecule has 0 amide bonds. The van der Waals surface area contributed by atoms with Crippen molar-refractivity contribution in [2.75, 3.05) is 0 Å². The maximum Gasteiger partial charge on any atom is 0.307 e. The van der Waals surface area contributed by atoms with E-state index in [-0.39, 0.29) is 11.9 Å². The molecule has 0 bridgehead atoms. The molecule has 4 heteroatoms. The van der Waals surface area contributed by atoms with Crippen molar-refractivity contribution < 1.29 is 19.1 Å². The van der Waals surface area contributed by atoms with Crippen LogP contribution in [0.2, 0.25) is 0 Å². The summed E-state index contributed by atoms with van der Waals surface area (Å²) in [6.07, 6.45) is 10.2. The van der Waals surface area contributed by atoms with E-state index in [2.05, 4.69) is 9.47 Å². The normalized spacial score (nSPS) is 10.9. The number of carbonyl (C=O) groups is 2. The van der Waals surface area contributed by atoms with Crippen LogP contribution in [-0.2, 0) is 19.1 Å². The van der Waals surface area contributed by atoms with Gasteiger partial charge in [0.1, 0.15) is 0 Å². The number of unbranched alkanes of at least 4 members (excludes halogenated alkanes) is 3. The summed E-state index contributed by atoms with van der Waals surface area (Å²) in [5.74, 6) is -0.610. The molecule has 0 heterocycles. The van der Waals surface area contributed by atoms with Crippen LogP contribution in [0.25, 0.3) is 0 Å². The third-order valence-corrected chi connectivity index (χ3v) is 1.65. The van der Waals surface area contributed by atoms with Crippen LogP contribution in [0.3, 0.4) is 0 Å². The van der Waals surface area contributed by atoms with Gasteiger partial charge in [-0.1, -0.05) is 0 Å². The molecule has 0 aliphatic heterocycles. The molecule has 4 nitrogen and oxygen atoms in total. The first kappa shape index (κ1) is 14.4. The predicted molar refractivity (Wildman–Crippen MR) is 60.3 cm³/mol. The van der Waals surface area contributed by atoms with Crippen LogP contribution >= 0.6 is 0 Å². The summed E-state index contributed by atoms with van der Waals surface area (Å²) < 4.78 is 9.24. The van der Waals surface area contributed by atoms with Gasteiger partial charge in [-0.2, -0.15) is 0 Å². The summed E-state index contributed by atoms with van der Waals surface area (Å²) in [7, 11) is 0. The minimum Gasteiger partial charge on any atom is -0.435 e. The molecule has 0 saturated heterocycles. The third-order valence-electron chi connectivity index (χ3n) is 1.65. The van der Waals surface area contributed by atoms with E-state index in [4.69, 9.17) is 0 Å². The second kappa shape index (κ2) is 9.96. The van der Waals surface area contributed by atoms with Gasteiger partial charge in [0.25, 0.3) is 0 Å². The van der Waals surface area contributed by atoms with Gasteiger partial charge in [0.2, 0.25) is 0 Å². The van der Waals surface area contributed by atoms with Crippen molar-refractivity contribution in [3.05, 3.63) is 24.7 Å². The van der Waals surface area contributed by atoms with Crippen LogP contribution < -0.4 is 0 Å². The molecule has 16 heavy (non-hydrogen) atoms. The molecule has 0 aromatic heterocycles. The van der Waals surface area contributed by atoms with Crippen molar-refractivity contribution in [2.45, 2.75) is 39.5 Å². The number of rotatable bonds is 7. The van der Waals surface area contributed by atoms with Crippen LogP contribution in [0.5, 0.6) is 0 Å². The molecule has 0 aliphatic carbocycles. The summed E-state index contributed by atoms with van der Waals surface area (Å²) in [6.45, 7) is 2.73. The Labute approximate surface area is 95.9 Å². The van der Waals surface area contributed by atoms with E-state index >= 15 is 0 Å². The van der Waals surface area contributed by atoms with Crippen molar-refractivity contribution in [3.63, 3.8) is 0 Å². The zero-order valence-electron chi connectivity index (χ0n) is 9.77. The van der Waals surface area contributed by atoms with Gasteiger partial charge in [-0.15, -0.1) is 0 Å². The Balaban J connectivity index is 3.27. The largest absolute Gasteiger partial charge is 0.435 e. The monoisotopic (exact) mass is 226 g/mol. The molecule has 0 aromatic carbocycles. The fourth-order valence-electron chi connectivity index (χ4n) is 0.948. The topological polar surface area (TPSA) is 52.6 Å².